The molecule has 0 bridgehead atoms. The Morgan fingerprint density at radius 3 is 2.57 bits per heavy atom. The van der Waals surface area contributed by atoms with Crippen molar-refractivity contribution in [2.45, 2.75) is 42.9 Å². The number of aromatic hydroxyl groups is 1. The lowest BCUT2D eigenvalue weighted by Gasteiger charge is -2.27. The highest BCUT2D eigenvalue weighted by Crippen LogP contribution is 2.42. The van der Waals surface area contributed by atoms with Gasteiger partial charge in [-0.25, -0.2) is 0 Å². The van der Waals surface area contributed by atoms with Crippen molar-refractivity contribution in [3.8, 4) is 16.9 Å². The number of hydrogen-bond donors (Lipinski definition) is 3. The van der Waals surface area contributed by atoms with E-state index >= 15 is 0 Å². The number of aromatic nitrogens is 1. The summed E-state index contributed by atoms with van der Waals surface area (Å²) in [4.78, 5) is 18.1. The van der Waals surface area contributed by atoms with Gasteiger partial charge in [0.2, 0.25) is 0 Å². The maximum Gasteiger partial charge on any atom is 0.416 e. The number of alkyl halides is 3. The van der Waals surface area contributed by atoms with Crippen molar-refractivity contribution in [1.29, 1.82) is 0 Å². The third kappa shape index (κ3) is 6.14. The van der Waals surface area contributed by atoms with E-state index in [4.69, 9.17) is 11.6 Å². The number of piperidine rings is 1. The molecule has 1 aliphatic heterocycles. The number of phenols is 1. The number of fused-ring (bicyclic) bond motifs is 1. The van der Waals surface area contributed by atoms with E-state index in [1.165, 1.54) is 30.7 Å². The van der Waals surface area contributed by atoms with E-state index in [2.05, 4.69) is 9.88 Å². The van der Waals surface area contributed by atoms with E-state index in [0.29, 0.717) is 6.42 Å². The van der Waals surface area contributed by atoms with E-state index in [-0.39, 0.29) is 43.5 Å². The first-order valence-corrected chi connectivity index (χ1v) is 12.8. The second-order valence-corrected chi connectivity index (χ2v) is 10.2. The molecule has 35 heavy (non-hydrogen) atoms. The van der Waals surface area contributed by atoms with E-state index in [0.717, 1.165) is 56.4 Å². The van der Waals surface area contributed by atoms with Crippen LogP contribution < -0.4 is 5.56 Å². The third-order valence-corrected chi connectivity index (χ3v) is 7.64. The molecule has 4 rings (SSSR count). The molecule has 1 atom stereocenters. The molecule has 3 N–H and O–H groups in total. The van der Waals surface area contributed by atoms with Crippen LogP contribution in [0.25, 0.3) is 22.0 Å². The second kappa shape index (κ2) is 10.8. The van der Waals surface area contributed by atoms with Crippen molar-refractivity contribution in [3.05, 3.63) is 57.3 Å². The number of benzene rings is 2. The maximum atomic E-state index is 13.5. The number of aliphatic hydroxyl groups is 1. The van der Waals surface area contributed by atoms with E-state index in [1.807, 2.05) is 0 Å². The van der Waals surface area contributed by atoms with E-state index in [1.54, 1.807) is 0 Å². The molecule has 1 aromatic heterocycles. The number of likely N-dealkylation sites (tertiary alicyclic amines) is 1. The number of nitrogens with zero attached hydrogens (tertiary/aromatic N) is 1. The average Bonchev–Trinajstić information content (AvgIpc) is 2.82. The first-order valence-electron chi connectivity index (χ1n) is 11.4. The Morgan fingerprint density at radius 2 is 1.86 bits per heavy atom. The molecule has 5 nitrogen and oxygen atoms in total. The van der Waals surface area contributed by atoms with Crippen LogP contribution in [0.2, 0.25) is 5.02 Å². The monoisotopic (exact) mass is 526 g/mol. The van der Waals surface area contributed by atoms with E-state index < -0.39 is 23.4 Å². The zero-order valence-electron chi connectivity index (χ0n) is 18.9. The number of pyridine rings is 1. The van der Waals surface area contributed by atoms with Crippen molar-refractivity contribution < 1.29 is 23.4 Å². The van der Waals surface area contributed by atoms with Crippen molar-refractivity contribution in [2.24, 2.45) is 0 Å². The van der Waals surface area contributed by atoms with Crippen LogP contribution >= 0.6 is 23.4 Å². The summed E-state index contributed by atoms with van der Waals surface area (Å²) < 4.78 is 40.4. The molecular weight excluding hydrogens is 501 g/mol. The van der Waals surface area contributed by atoms with Gasteiger partial charge < -0.3 is 20.1 Å². The van der Waals surface area contributed by atoms with Crippen molar-refractivity contribution in [2.75, 3.05) is 25.4 Å². The van der Waals surface area contributed by atoms with Gasteiger partial charge in [0.25, 0.3) is 5.56 Å². The Bertz CT molecular complexity index is 1260. The molecule has 1 fully saturated rings. The normalized spacial score (nSPS) is 16.0. The number of halogens is 4. The summed E-state index contributed by atoms with van der Waals surface area (Å²) in [6, 6.07) is 7.26. The van der Waals surface area contributed by atoms with Crippen LogP contribution in [0, 0.1) is 0 Å². The van der Waals surface area contributed by atoms with Crippen LogP contribution in [-0.2, 0) is 6.18 Å². The van der Waals surface area contributed by atoms with Crippen LogP contribution in [-0.4, -0.2) is 51.6 Å². The van der Waals surface area contributed by atoms with Gasteiger partial charge in [0.15, 0.2) is 0 Å². The number of nitrogens with one attached hydrogen (secondary N) is 1. The molecule has 2 aromatic carbocycles. The molecule has 0 saturated carbocycles. The summed E-state index contributed by atoms with van der Waals surface area (Å²) in [5, 5.41) is 21.5. The minimum Gasteiger partial charge on any atom is -0.507 e. The quantitative estimate of drug-likeness (QED) is 0.334. The summed E-state index contributed by atoms with van der Waals surface area (Å²) in [6.07, 6.45) is -1.27. The number of rotatable bonds is 7. The number of H-pyrrole nitrogens is 1. The Labute approximate surface area is 209 Å². The summed E-state index contributed by atoms with van der Waals surface area (Å²) in [5.41, 5.74) is -0.883. The fourth-order valence-corrected chi connectivity index (χ4v) is 5.59. The minimum absolute atomic E-state index is 0.117. The molecule has 188 valence electrons. The van der Waals surface area contributed by atoms with Crippen molar-refractivity contribution in [3.63, 3.8) is 0 Å². The zero-order chi connectivity index (χ0) is 25.2. The lowest BCUT2D eigenvalue weighted by molar-refractivity contribution is -0.137. The van der Waals surface area contributed by atoms with Crippen LogP contribution in [0.15, 0.2) is 46.1 Å². The fraction of sp³-hybridized carbons (Fsp3) is 0.400. The Kier molecular flexibility index (Phi) is 8.00. The molecule has 1 unspecified atom stereocenters. The summed E-state index contributed by atoms with van der Waals surface area (Å²) in [6.45, 7) is 2.75. The standard InChI is InChI=1S/C25H26ClF3N2O3S/c26-16-5-7-21(33)19(13-16)22-18-12-15(25(27,28)29)4-6-20(18)30-24(34)23(22)35-14-17(32)8-11-31-9-2-1-3-10-31/h4-7,12-13,17,32-33H,1-3,8-11,14H2,(H,30,34). The van der Waals surface area contributed by atoms with Gasteiger partial charge in [-0.3, -0.25) is 4.79 Å². The molecule has 0 radical (unpaired) electrons. The number of thioether (sulfide) groups is 1. The molecular formula is C25H26ClF3N2O3S. The number of aromatic amines is 1. The van der Waals surface area contributed by atoms with E-state index in [9.17, 15) is 28.2 Å². The summed E-state index contributed by atoms with van der Waals surface area (Å²) >= 11 is 7.19. The molecule has 3 aromatic rings. The van der Waals surface area contributed by atoms with Crippen molar-refractivity contribution >= 4 is 34.3 Å². The van der Waals surface area contributed by atoms with Crippen LogP contribution in [0.4, 0.5) is 13.2 Å². The van der Waals surface area contributed by atoms with Gasteiger partial charge in [-0.2, -0.15) is 13.2 Å². The first kappa shape index (κ1) is 25.9. The average molecular weight is 527 g/mol. The number of hydrogen-bond acceptors (Lipinski definition) is 5. The summed E-state index contributed by atoms with van der Waals surface area (Å²) in [5.74, 6) is -0.0402. The topological polar surface area (TPSA) is 76.6 Å². The highest BCUT2D eigenvalue weighted by Gasteiger charge is 2.31. The van der Waals surface area contributed by atoms with Crippen LogP contribution in [0.5, 0.6) is 5.75 Å². The smallest absolute Gasteiger partial charge is 0.416 e. The maximum absolute atomic E-state index is 13.5. The Balaban J connectivity index is 1.72. The van der Waals surface area contributed by atoms with Crippen molar-refractivity contribution in [1.82, 2.24) is 9.88 Å². The van der Waals surface area contributed by atoms with Gasteiger partial charge in [-0.15, -0.1) is 11.8 Å². The zero-order valence-corrected chi connectivity index (χ0v) is 20.4. The largest absolute Gasteiger partial charge is 0.507 e. The highest BCUT2D eigenvalue weighted by molar-refractivity contribution is 7.99. The lowest BCUT2D eigenvalue weighted by atomic mass is 9.98. The Morgan fingerprint density at radius 1 is 1.11 bits per heavy atom. The van der Waals surface area contributed by atoms with Gasteiger partial charge in [0.1, 0.15) is 5.75 Å². The third-order valence-electron chi connectivity index (χ3n) is 6.17. The van der Waals surface area contributed by atoms with Gasteiger partial charge in [-0.05, 0) is 68.8 Å². The minimum atomic E-state index is -4.59. The highest BCUT2D eigenvalue weighted by atomic mass is 35.5. The molecule has 10 heteroatoms. The molecule has 0 amide bonds. The second-order valence-electron chi connectivity index (χ2n) is 8.73. The van der Waals surface area contributed by atoms with Gasteiger partial charge in [0.05, 0.1) is 16.6 Å². The predicted molar refractivity (Wildman–Crippen MR) is 133 cm³/mol. The van der Waals surface area contributed by atoms with Crippen LogP contribution in [0.1, 0.15) is 31.2 Å². The van der Waals surface area contributed by atoms with Gasteiger partial charge >= 0.3 is 6.18 Å². The SMILES string of the molecule is O=c1[nH]c2ccc(C(F)(F)F)cc2c(-c2cc(Cl)ccc2O)c1SCC(O)CCN1CCCCC1. The molecule has 1 aliphatic rings. The lowest BCUT2D eigenvalue weighted by Crippen LogP contribution is -2.32. The van der Waals surface area contributed by atoms with Gasteiger partial charge in [-0.1, -0.05) is 18.0 Å². The molecule has 2 heterocycles. The molecule has 0 aliphatic carbocycles. The summed E-state index contributed by atoms with van der Waals surface area (Å²) in [7, 11) is 0. The van der Waals surface area contributed by atoms with Gasteiger partial charge in [0, 0.05) is 39.4 Å². The fourth-order valence-electron chi connectivity index (χ4n) is 4.34. The predicted octanol–water partition coefficient (Wildman–Crippen LogP) is 5.90. The molecule has 1 saturated heterocycles. The number of aliphatic hydroxyl groups excluding tert-OH is 1. The Hall–Kier alpha value is -2.20. The molecule has 0 spiro atoms. The first-order chi connectivity index (χ1) is 16.6. The van der Waals surface area contributed by atoms with Crippen LogP contribution in [0.3, 0.4) is 0 Å². The number of phenolic OH excluding ortho intramolecular Hbond substituents is 1.